The minimum absolute atomic E-state index is 0.132. The molecule has 2 aromatic carbocycles. The molecule has 0 aliphatic carbocycles. The van der Waals surface area contributed by atoms with Gasteiger partial charge in [0, 0.05) is 18.7 Å². The summed E-state index contributed by atoms with van der Waals surface area (Å²) in [4.78, 5) is 4.26. The number of hydrogen-bond acceptors (Lipinski definition) is 4. The van der Waals surface area contributed by atoms with Gasteiger partial charge in [-0.3, -0.25) is 10.3 Å². The van der Waals surface area contributed by atoms with Gasteiger partial charge in [-0.25, -0.2) is 0 Å². The lowest BCUT2D eigenvalue weighted by atomic mass is 9.88. The van der Waals surface area contributed by atoms with Crippen molar-refractivity contribution in [1.29, 1.82) is 0 Å². The molecule has 0 saturated heterocycles. The van der Waals surface area contributed by atoms with Gasteiger partial charge in [0.1, 0.15) is 6.23 Å². The summed E-state index contributed by atoms with van der Waals surface area (Å²) >= 11 is 0. The summed E-state index contributed by atoms with van der Waals surface area (Å²) < 4.78 is 0. The van der Waals surface area contributed by atoms with Crippen LogP contribution in [0.4, 0.5) is 0 Å². The molecule has 1 atom stereocenters. The van der Waals surface area contributed by atoms with E-state index in [9.17, 15) is 5.11 Å². The van der Waals surface area contributed by atoms with Crippen molar-refractivity contribution < 1.29 is 5.11 Å². The van der Waals surface area contributed by atoms with Crippen LogP contribution in [0, 0.1) is 11.8 Å². The molecule has 4 heteroatoms. The minimum atomic E-state index is -0.629. The van der Waals surface area contributed by atoms with Crippen LogP contribution in [0.15, 0.2) is 85.1 Å². The molecule has 0 aliphatic rings. The highest BCUT2D eigenvalue weighted by atomic mass is 16.3. The molecule has 4 nitrogen and oxygen atoms in total. The minimum Gasteiger partial charge on any atom is -0.379 e. The molecule has 0 aliphatic heterocycles. The van der Waals surface area contributed by atoms with E-state index in [-0.39, 0.29) is 5.92 Å². The molecule has 0 radical (unpaired) electrons. The predicted octanol–water partition coefficient (Wildman–Crippen LogP) is 3.30. The van der Waals surface area contributed by atoms with Crippen molar-refractivity contribution in [2.75, 3.05) is 13.1 Å². The zero-order chi connectivity index (χ0) is 20.2. The predicted molar refractivity (Wildman–Crippen MR) is 117 cm³/mol. The zero-order valence-electron chi connectivity index (χ0n) is 16.5. The van der Waals surface area contributed by atoms with Gasteiger partial charge in [-0.2, -0.15) is 0 Å². The molecule has 3 aromatic rings. The number of hydrogen-bond donors (Lipinski definition) is 3. The first kappa shape index (κ1) is 20.8. The highest BCUT2D eigenvalue weighted by Crippen LogP contribution is 2.28. The second-order valence-corrected chi connectivity index (χ2v) is 6.78. The van der Waals surface area contributed by atoms with Crippen molar-refractivity contribution in [3.05, 3.63) is 102 Å². The molecular formula is C25H27N3O. The van der Waals surface area contributed by atoms with Gasteiger partial charge in [0.05, 0.1) is 18.8 Å². The zero-order valence-corrected chi connectivity index (χ0v) is 16.5. The van der Waals surface area contributed by atoms with E-state index < -0.39 is 6.23 Å². The first-order chi connectivity index (χ1) is 14.3. The summed E-state index contributed by atoms with van der Waals surface area (Å²) in [5.74, 6) is 6.25. The van der Waals surface area contributed by atoms with Gasteiger partial charge < -0.3 is 10.4 Å². The Bertz CT molecular complexity index is 849. The summed E-state index contributed by atoms with van der Waals surface area (Å²) in [7, 11) is 0. The van der Waals surface area contributed by atoms with E-state index >= 15 is 0 Å². The molecule has 148 valence electrons. The Labute approximate surface area is 173 Å². The second-order valence-electron chi connectivity index (χ2n) is 6.78. The molecule has 3 N–H and O–H groups in total. The Hall–Kier alpha value is -2.97. The highest BCUT2D eigenvalue weighted by molar-refractivity contribution is 5.32. The molecule has 0 spiro atoms. The van der Waals surface area contributed by atoms with E-state index in [1.165, 1.54) is 11.1 Å². The molecule has 0 amide bonds. The maximum atomic E-state index is 10.5. The van der Waals surface area contributed by atoms with Crippen molar-refractivity contribution in [3.8, 4) is 11.8 Å². The van der Waals surface area contributed by atoms with E-state index in [2.05, 4.69) is 51.7 Å². The van der Waals surface area contributed by atoms with Crippen LogP contribution in [-0.2, 0) is 6.54 Å². The second kappa shape index (κ2) is 11.8. The maximum Gasteiger partial charge on any atom is 0.106 e. The van der Waals surface area contributed by atoms with E-state index in [4.69, 9.17) is 0 Å². The number of rotatable bonds is 9. The lowest BCUT2D eigenvalue weighted by Crippen LogP contribution is -2.31. The largest absolute Gasteiger partial charge is 0.379 e. The summed E-state index contributed by atoms with van der Waals surface area (Å²) in [6.07, 6.45) is 1.75. The molecule has 1 unspecified atom stereocenters. The van der Waals surface area contributed by atoms with Crippen LogP contribution in [0.25, 0.3) is 0 Å². The SMILES string of the molecule is OC(CC(c1ccccc1)c1ccccc1)NCC#CCNCc1ccccn1. The van der Waals surface area contributed by atoms with Crippen molar-refractivity contribution in [2.45, 2.75) is 25.1 Å². The Kier molecular flexibility index (Phi) is 8.43. The van der Waals surface area contributed by atoms with Crippen LogP contribution in [0.2, 0.25) is 0 Å². The highest BCUT2D eigenvalue weighted by Gasteiger charge is 2.17. The molecule has 0 saturated carbocycles. The molecule has 0 bridgehead atoms. The third-order valence-corrected chi connectivity index (χ3v) is 4.66. The van der Waals surface area contributed by atoms with Crippen LogP contribution in [0.5, 0.6) is 0 Å². The number of pyridine rings is 1. The smallest absolute Gasteiger partial charge is 0.106 e. The van der Waals surface area contributed by atoms with Gasteiger partial charge in [-0.1, -0.05) is 78.6 Å². The maximum absolute atomic E-state index is 10.5. The number of aromatic nitrogens is 1. The van der Waals surface area contributed by atoms with Gasteiger partial charge in [0.15, 0.2) is 0 Å². The normalized spacial score (nSPS) is 11.7. The number of nitrogens with one attached hydrogen (secondary N) is 2. The summed E-state index contributed by atoms with van der Waals surface area (Å²) in [5.41, 5.74) is 3.39. The van der Waals surface area contributed by atoms with Crippen molar-refractivity contribution >= 4 is 0 Å². The number of nitrogens with zero attached hydrogens (tertiary/aromatic N) is 1. The molecule has 1 heterocycles. The summed E-state index contributed by atoms with van der Waals surface area (Å²) in [6, 6.07) is 26.5. The Morgan fingerprint density at radius 2 is 1.41 bits per heavy atom. The summed E-state index contributed by atoms with van der Waals surface area (Å²) in [6.45, 7) is 1.73. The van der Waals surface area contributed by atoms with E-state index in [0.717, 1.165) is 5.69 Å². The molecule has 3 rings (SSSR count). The Morgan fingerprint density at radius 1 is 0.793 bits per heavy atom. The Morgan fingerprint density at radius 3 is 2.03 bits per heavy atom. The van der Waals surface area contributed by atoms with Crippen molar-refractivity contribution in [1.82, 2.24) is 15.6 Å². The van der Waals surface area contributed by atoms with Crippen LogP contribution in [-0.4, -0.2) is 29.4 Å². The lowest BCUT2D eigenvalue weighted by Gasteiger charge is -2.21. The monoisotopic (exact) mass is 385 g/mol. The number of aliphatic hydroxyl groups is 1. The molecule has 29 heavy (non-hydrogen) atoms. The first-order valence-electron chi connectivity index (χ1n) is 9.90. The molecule has 0 fully saturated rings. The van der Waals surface area contributed by atoms with Gasteiger partial charge in [0.2, 0.25) is 0 Å². The van der Waals surface area contributed by atoms with Crippen LogP contribution in [0.3, 0.4) is 0 Å². The first-order valence-corrected chi connectivity index (χ1v) is 9.90. The lowest BCUT2D eigenvalue weighted by molar-refractivity contribution is 0.128. The quantitative estimate of drug-likeness (QED) is 0.301. The van der Waals surface area contributed by atoms with Gasteiger partial charge >= 0.3 is 0 Å². The summed E-state index contributed by atoms with van der Waals surface area (Å²) in [5, 5.41) is 16.8. The van der Waals surface area contributed by atoms with E-state index in [0.29, 0.717) is 26.1 Å². The fraction of sp³-hybridized carbons (Fsp3) is 0.240. The van der Waals surface area contributed by atoms with Crippen molar-refractivity contribution in [3.63, 3.8) is 0 Å². The number of aliphatic hydroxyl groups excluding tert-OH is 1. The fourth-order valence-electron chi connectivity index (χ4n) is 3.19. The Balaban J connectivity index is 1.45. The molecule has 1 aromatic heterocycles. The van der Waals surface area contributed by atoms with E-state index in [1.54, 1.807) is 6.20 Å². The van der Waals surface area contributed by atoms with Gasteiger partial charge in [-0.15, -0.1) is 0 Å². The fourth-order valence-corrected chi connectivity index (χ4v) is 3.19. The third-order valence-electron chi connectivity index (χ3n) is 4.66. The van der Waals surface area contributed by atoms with Crippen LogP contribution >= 0.6 is 0 Å². The van der Waals surface area contributed by atoms with Crippen molar-refractivity contribution in [2.24, 2.45) is 0 Å². The molecular weight excluding hydrogens is 358 g/mol. The van der Waals surface area contributed by atoms with Gasteiger partial charge in [-0.05, 0) is 29.7 Å². The van der Waals surface area contributed by atoms with Crippen LogP contribution < -0.4 is 10.6 Å². The van der Waals surface area contributed by atoms with E-state index in [1.807, 2.05) is 54.6 Å². The standard InChI is InChI=1S/C25H27N3O/c29-25(28-18-10-9-16-26-20-23-15-7-8-17-27-23)19-24(21-11-3-1-4-12-21)22-13-5-2-6-14-22/h1-8,11-15,17,24-26,28-29H,16,18-20H2. The third kappa shape index (κ3) is 7.17. The average Bonchev–Trinajstić information content (AvgIpc) is 2.79. The topological polar surface area (TPSA) is 57.2 Å². The average molecular weight is 386 g/mol. The number of benzene rings is 2. The van der Waals surface area contributed by atoms with Crippen LogP contribution in [0.1, 0.15) is 29.2 Å². The van der Waals surface area contributed by atoms with Gasteiger partial charge in [0.25, 0.3) is 0 Å².